The molecule has 98 valence electrons. The highest BCUT2D eigenvalue weighted by molar-refractivity contribution is 5.93. The Morgan fingerprint density at radius 1 is 1.26 bits per heavy atom. The Labute approximate surface area is 109 Å². The first kappa shape index (κ1) is 13.0. The second-order valence-electron chi connectivity index (χ2n) is 3.74. The molecule has 4 nitrogen and oxygen atoms in total. The van der Waals surface area contributed by atoms with Gasteiger partial charge in [-0.2, -0.15) is 0 Å². The molecule has 0 unspecified atom stereocenters. The summed E-state index contributed by atoms with van der Waals surface area (Å²) in [6.07, 6.45) is 2.49. The van der Waals surface area contributed by atoms with E-state index in [-0.39, 0.29) is 5.56 Å². The van der Waals surface area contributed by atoms with Gasteiger partial charge in [0.1, 0.15) is 5.82 Å². The SMILES string of the molecule is COC(=O)C=Cc1c(F)ccc2ccc(OC)nc12. The highest BCUT2D eigenvalue weighted by Gasteiger charge is 2.08. The van der Waals surface area contributed by atoms with Gasteiger partial charge in [-0.25, -0.2) is 14.2 Å². The van der Waals surface area contributed by atoms with Crippen molar-refractivity contribution in [3.05, 3.63) is 41.7 Å². The summed E-state index contributed by atoms with van der Waals surface area (Å²) in [6, 6.07) is 6.41. The van der Waals surface area contributed by atoms with Crippen LogP contribution in [0.2, 0.25) is 0 Å². The van der Waals surface area contributed by atoms with E-state index in [1.165, 1.54) is 26.4 Å². The third kappa shape index (κ3) is 2.70. The summed E-state index contributed by atoms with van der Waals surface area (Å²) < 4.78 is 23.3. The molecule has 2 rings (SSSR count). The van der Waals surface area contributed by atoms with Crippen LogP contribution >= 0.6 is 0 Å². The van der Waals surface area contributed by atoms with Gasteiger partial charge in [0.05, 0.1) is 19.7 Å². The van der Waals surface area contributed by atoms with E-state index in [4.69, 9.17) is 4.74 Å². The number of nitrogens with zero attached hydrogens (tertiary/aromatic N) is 1. The van der Waals surface area contributed by atoms with Gasteiger partial charge in [0, 0.05) is 23.1 Å². The molecule has 1 aromatic carbocycles. The third-order valence-electron chi connectivity index (χ3n) is 2.62. The third-order valence-corrected chi connectivity index (χ3v) is 2.62. The Morgan fingerprint density at radius 2 is 2.00 bits per heavy atom. The average Bonchev–Trinajstić information content (AvgIpc) is 2.45. The van der Waals surface area contributed by atoms with Crippen LogP contribution in [0.15, 0.2) is 30.3 Å². The van der Waals surface area contributed by atoms with Crippen LogP contribution in [-0.2, 0) is 9.53 Å². The molecule has 0 spiro atoms. The van der Waals surface area contributed by atoms with Gasteiger partial charge < -0.3 is 9.47 Å². The second kappa shape index (κ2) is 5.48. The zero-order valence-corrected chi connectivity index (χ0v) is 10.5. The minimum Gasteiger partial charge on any atom is -0.481 e. The number of methoxy groups -OCH3 is 2. The number of carbonyl (C=O) groups is 1. The van der Waals surface area contributed by atoms with Crippen LogP contribution in [0.1, 0.15) is 5.56 Å². The lowest BCUT2D eigenvalue weighted by atomic mass is 10.1. The first-order valence-electron chi connectivity index (χ1n) is 5.55. The van der Waals surface area contributed by atoms with Gasteiger partial charge >= 0.3 is 5.97 Å². The summed E-state index contributed by atoms with van der Waals surface area (Å²) in [5.41, 5.74) is 0.654. The Bertz CT molecular complexity index is 652. The molecule has 0 saturated carbocycles. The van der Waals surface area contributed by atoms with Crippen molar-refractivity contribution in [2.45, 2.75) is 0 Å². The van der Waals surface area contributed by atoms with Gasteiger partial charge in [-0.1, -0.05) is 0 Å². The topological polar surface area (TPSA) is 48.4 Å². The number of benzene rings is 1. The van der Waals surface area contributed by atoms with E-state index >= 15 is 0 Å². The average molecular weight is 261 g/mol. The lowest BCUT2D eigenvalue weighted by Gasteiger charge is -2.05. The van der Waals surface area contributed by atoms with Crippen LogP contribution in [0, 0.1) is 5.82 Å². The Morgan fingerprint density at radius 3 is 2.68 bits per heavy atom. The molecule has 5 heteroatoms. The maximum atomic E-state index is 13.8. The first-order valence-corrected chi connectivity index (χ1v) is 5.55. The molecular formula is C14H12FNO3. The molecule has 0 aliphatic rings. The van der Waals surface area contributed by atoms with E-state index in [2.05, 4.69) is 9.72 Å². The van der Waals surface area contributed by atoms with Crippen LogP contribution in [0.3, 0.4) is 0 Å². The van der Waals surface area contributed by atoms with E-state index in [1.807, 2.05) is 0 Å². The smallest absolute Gasteiger partial charge is 0.330 e. The number of ether oxygens (including phenoxy) is 2. The van der Waals surface area contributed by atoms with E-state index < -0.39 is 11.8 Å². The van der Waals surface area contributed by atoms with Gasteiger partial charge in [0.15, 0.2) is 0 Å². The predicted octanol–water partition coefficient (Wildman–Crippen LogP) is 2.57. The summed E-state index contributed by atoms with van der Waals surface area (Å²) in [4.78, 5) is 15.3. The largest absolute Gasteiger partial charge is 0.481 e. The molecule has 0 saturated heterocycles. The molecule has 1 aromatic heterocycles. The van der Waals surface area contributed by atoms with Gasteiger partial charge in [0.2, 0.25) is 5.88 Å². The van der Waals surface area contributed by atoms with E-state index in [9.17, 15) is 9.18 Å². The fourth-order valence-corrected chi connectivity index (χ4v) is 1.66. The van der Waals surface area contributed by atoms with Crippen molar-refractivity contribution in [2.24, 2.45) is 0 Å². The molecule has 0 N–H and O–H groups in total. The van der Waals surface area contributed by atoms with Gasteiger partial charge in [0.25, 0.3) is 0 Å². The van der Waals surface area contributed by atoms with Crippen molar-refractivity contribution >= 4 is 22.9 Å². The molecule has 2 aromatic rings. The molecule has 1 heterocycles. The molecule has 0 aliphatic heterocycles. The molecule has 0 amide bonds. The summed E-state index contributed by atoms with van der Waals surface area (Å²) in [7, 11) is 2.74. The molecule has 0 fully saturated rings. The summed E-state index contributed by atoms with van der Waals surface area (Å²) in [6.45, 7) is 0. The summed E-state index contributed by atoms with van der Waals surface area (Å²) in [5.74, 6) is -0.640. The number of pyridine rings is 1. The molecular weight excluding hydrogens is 249 g/mol. The van der Waals surface area contributed by atoms with Crippen molar-refractivity contribution < 1.29 is 18.7 Å². The maximum absolute atomic E-state index is 13.8. The highest BCUT2D eigenvalue weighted by atomic mass is 19.1. The van der Waals surface area contributed by atoms with Crippen LogP contribution in [0.5, 0.6) is 5.88 Å². The van der Waals surface area contributed by atoms with Crippen molar-refractivity contribution in [3.63, 3.8) is 0 Å². The van der Waals surface area contributed by atoms with E-state index in [1.54, 1.807) is 18.2 Å². The Hall–Kier alpha value is -2.43. The number of fused-ring (bicyclic) bond motifs is 1. The number of rotatable bonds is 3. The minimum absolute atomic E-state index is 0.224. The number of carbonyl (C=O) groups excluding carboxylic acids is 1. The molecule has 0 radical (unpaired) electrons. The molecule has 0 aliphatic carbocycles. The molecule has 0 bridgehead atoms. The fourth-order valence-electron chi connectivity index (χ4n) is 1.66. The van der Waals surface area contributed by atoms with Crippen molar-refractivity contribution in [3.8, 4) is 5.88 Å². The van der Waals surface area contributed by atoms with E-state index in [0.29, 0.717) is 11.4 Å². The van der Waals surface area contributed by atoms with Crippen molar-refractivity contribution in [1.29, 1.82) is 0 Å². The zero-order chi connectivity index (χ0) is 13.8. The van der Waals surface area contributed by atoms with Crippen LogP contribution in [-0.4, -0.2) is 25.2 Å². The highest BCUT2D eigenvalue weighted by Crippen LogP contribution is 2.23. The number of halogens is 1. The lowest BCUT2D eigenvalue weighted by molar-refractivity contribution is -0.134. The van der Waals surface area contributed by atoms with Crippen molar-refractivity contribution in [1.82, 2.24) is 4.98 Å². The number of hydrogen-bond donors (Lipinski definition) is 0. The maximum Gasteiger partial charge on any atom is 0.330 e. The van der Waals surface area contributed by atoms with Crippen LogP contribution in [0.25, 0.3) is 17.0 Å². The van der Waals surface area contributed by atoms with Crippen LogP contribution in [0.4, 0.5) is 4.39 Å². The molecule has 19 heavy (non-hydrogen) atoms. The standard InChI is InChI=1S/C14H12FNO3/c1-18-12-7-4-9-3-6-11(15)10(14(9)16-12)5-8-13(17)19-2/h3-8H,1-2H3. The fraction of sp³-hybridized carbons (Fsp3) is 0.143. The van der Waals surface area contributed by atoms with E-state index in [0.717, 1.165) is 11.5 Å². The quantitative estimate of drug-likeness (QED) is 0.629. The lowest BCUT2D eigenvalue weighted by Crippen LogP contribution is -1.95. The summed E-state index contributed by atoms with van der Waals surface area (Å²) in [5, 5.41) is 0.756. The number of esters is 1. The monoisotopic (exact) mass is 261 g/mol. The number of aromatic nitrogens is 1. The molecule has 0 atom stereocenters. The predicted molar refractivity (Wildman–Crippen MR) is 69.3 cm³/mol. The van der Waals surface area contributed by atoms with Crippen molar-refractivity contribution in [2.75, 3.05) is 14.2 Å². The van der Waals surface area contributed by atoms with Gasteiger partial charge in [-0.05, 0) is 24.3 Å². The summed E-state index contributed by atoms with van der Waals surface area (Å²) >= 11 is 0. The zero-order valence-electron chi connectivity index (χ0n) is 10.5. The van der Waals surface area contributed by atoms with Gasteiger partial charge in [-0.15, -0.1) is 0 Å². The van der Waals surface area contributed by atoms with Crippen LogP contribution < -0.4 is 4.74 Å². The first-order chi connectivity index (χ1) is 9.15. The Balaban J connectivity index is 2.59. The minimum atomic E-state index is -0.556. The Kier molecular flexibility index (Phi) is 3.75. The second-order valence-corrected chi connectivity index (χ2v) is 3.74. The number of hydrogen-bond acceptors (Lipinski definition) is 4. The van der Waals surface area contributed by atoms with Gasteiger partial charge in [-0.3, -0.25) is 0 Å². The normalized spacial score (nSPS) is 10.9.